The van der Waals surface area contributed by atoms with Crippen molar-refractivity contribution in [3.8, 4) is 0 Å². The van der Waals surface area contributed by atoms with Crippen LogP contribution in [0.2, 0.25) is 5.02 Å². The minimum atomic E-state index is -3.94. The number of hydrogen-bond donors (Lipinski definition) is 2. The van der Waals surface area contributed by atoms with Crippen LogP contribution in [0, 0.1) is 0 Å². The lowest BCUT2D eigenvalue weighted by atomic mass is 10.2. The van der Waals surface area contributed by atoms with Crippen LogP contribution in [0.4, 0.5) is 0 Å². The fourth-order valence-corrected chi connectivity index (χ4v) is 5.74. The van der Waals surface area contributed by atoms with Crippen molar-refractivity contribution in [1.82, 2.24) is 4.72 Å². The molecule has 21 heavy (non-hydrogen) atoms. The molecule has 0 spiro atoms. The van der Waals surface area contributed by atoms with Crippen LogP contribution in [0.5, 0.6) is 0 Å². The lowest BCUT2D eigenvalue weighted by molar-refractivity contribution is 0.562. The van der Waals surface area contributed by atoms with Gasteiger partial charge in [0.2, 0.25) is 10.0 Å². The minimum Gasteiger partial charge on any atom is -0.389 e. The fraction of sp³-hybridized carbons (Fsp3) is 0.364. The average molecular weight is 369 g/mol. The first-order valence-corrected chi connectivity index (χ1v) is 10.0. The van der Waals surface area contributed by atoms with Crippen molar-refractivity contribution in [1.29, 1.82) is 0 Å². The van der Waals surface area contributed by atoms with Gasteiger partial charge in [0.15, 0.2) is 9.84 Å². The predicted molar refractivity (Wildman–Crippen MR) is 84.7 cm³/mol. The number of benzene rings is 1. The molecule has 1 atom stereocenters. The van der Waals surface area contributed by atoms with E-state index < -0.39 is 25.9 Å². The Bertz CT molecular complexity index is 790. The van der Waals surface area contributed by atoms with Crippen LogP contribution in [0.15, 0.2) is 23.1 Å². The molecular weight excluding hydrogens is 356 g/mol. The third-order valence-electron chi connectivity index (χ3n) is 3.06. The van der Waals surface area contributed by atoms with Gasteiger partial charge in [-0.1, -0.05) is 29.9 Å². The first-order chi connectivity index (χ1) is 9.61. The van der Waals surface area contributed by atoms with Gasteiger partial charge in [0.05, 0.1) is 16.5 Å². The number of nitrogens with one attached hydrogen (secondary N) is 1. The molecule has 1 unspecified atom stereocenters. The summed E-state index contributed by atoms with van der Waals surface area (Å²) in [5, 5.41) is 0.0170. The predicted octanol–water partition coefficient (Wildman–Crippen LogP) is 0.440. The smallest absolute Gasteiger partial charge is 0.242 e. The second kappa shape index (κ2) is 5.81. The molecule has 0 amide bonds. The quantitative estimate of drug-likeness (QED) is 0.747. The standard InChI is InChI=1S/C11H13ClN2O4S3/c12-9-2-1-7(11(13)19)5-10(9)21(17,18)14-8-3-4-20(15,16)6-8/h1-2,5,8,14H,3-4,6H2,(H2,13,19). The van der Waals surface area contributed by atoms with E-state index in [0.717, 1.165) is 0 Å². The van der Waals surface area contributed by atoms with Crippen molar-refractivity contribution in [3.05, 3.63) is 28.8 Å². The number of halogens is 1. The summed E-state index contributed by atoms with van der Waals surface area (Å²) in [5.41, 5.74) is 5.84. The molecule has 2 rings (SSSR count). The second-order valence-corrected chi connectivity index (χ2v) is 9.49. The Morgan fingerprint density at radius 1 is 1.43 bits per heavy atom. The van der Waals surface area contributed by atoms with Crippen LogP contribution in [-0.4, -0.2) is 39.4 Å². The maximum Gasteiger partial charge on any atom is 0.242 e. The van der Waals surface area contributed by atoms with Gasteiger partial charge in [-0.3, -0.25) is 0 Å². The molecule has 1 aliphatic rings. The van der Waals surface area contributed by atoms with Crippen LogP contribution >= 0.6 is 23.8 Å². The number of rotatable bonds is 4. The number of hydrogen-bond acceptors (Lipinski definition) is 5. The van der Waals surface area contributed by atoms with Gasteiger partial charge >= 0.3 is 0 Å². The molecule has 0 saturated carbocycles. The number of sulfone groups is 1. The van der Waals surface area contributed by atoms with E-state index in [9.17, 15) is 16.8 Å². The normalized spacial score (nSPS) is 21.3. The van der Waals surface area contributed by atoms with Crippen molar-refractivity contribution in [2.24, 2.45) is 5.73 Å². The topological polar surface area (TPSA) is 106 Å². The highest BCUT2D eigenvalue weighted by Crippen LogP contribution is 2.24. The fourth-order valence-electron chi connectivity index (χ4n) is 2.03. The first kappa shape index (κ1) is 16.6. The summed E-state index contributed by atoms with van der Waals surface area (Å²) < 4.78 is 49.8. The van der Waals surface area contributed by atoms with Gasteiger partial charge in [0.25, 0.3) is 0 Å². The van der Waals surface area contributed by atoms with Crippen molar-refractivity contribution in [2.75, 3.05) is 11.5 Å². The molecule has 6 nitrogen and oxygen atoms in total. The Hall–Kier alpha value is -0.740. The zero-order valence-corrected chi connectivity index (χ0v) is 13.9. The zero-order valence-electron chi connectivity index (χ0n) is 10.7. The lowest BCUT2D eigenvalue weighted by Crippen LogP contribution is -2.35. The molecule has 10 heteroatoms. The van der Waals surface area contributed by atoms with Gasteiger partial charge in [-0.2, -0.15) is 0 Å². The van der Waals surface area contributed by atoms with Crippen molar-refractivity contribution < 1.29 is 16.8 Å². The van der Waals surface area contributed by atoms with E-state index >= 15 is 0 Å². The summed E-state index contributed by atoms with van der Waals surface area (Å²) in [6.07, 6.45) is 0.244. The van der Waals surface area contributed by atoms with Crippen molar-refractivity contribution in [2.45, 2.75) is 17.4 Å². The summed E-state index contributed by atoms with van der Waals surface area (Å²) in [6, 6.07) is 3.53. The molecule has 1 aliphatic heterocycles. The van der Waals surface area contributed by atoms with Crippen LogP contribution in [0.25, 0.3) is 0 Å². The molecule has 0 aliphatic carbocycles. The largest absolute Gasteiger partial charge is 0.389 e. The monoisotopic (exact) mass is 368 g/mol. The first-order valence-electron chi connectivity index (χ1n) is 5.93. The Balaban J connectivity index is 2.32. The number of sulfonamides is 1. The van der Waals surface area contributed by atoms with E-state index in [1.807, 2.05) is 0 Å². The van der Waals surface area contributed by atoms with Gasteiger partial charge in [0, 0.05) is 11.6 Å². The number of thiocarbonyl (C=S) groups is 1. The molecule has 116 valence electrons. The molecule has 0 bridgehead atoms. The zero-order chi connectivity index (χ0) is 15.8. The highest BCUT2D eigenvalue weighted by molar-refractivity contribution is 7.92. The summed E-state index contributed by atoms with van der Waals surface area (Å²) in [4.78, 5) is -0.120. The number of nitrogens with two attached hydrogens (primary N) is 1. The van der Waals surface area contributed by atoms with E-state index in [4.69, 9.17) is 29.6 Å². The minimum absolute atomic E-state index is 0.0170. The maximum atomic E-state index is 12.3. The van der Waals surface area contributed by atoms with E-state index in [0.29, 0.717) is 5.56 Å². The van der Waals surface area contributed by atoms with Crippen LogP contribution < -0.4 is 10.5 Å². The van der Waals surface area contributed by atoms with E-state index in [1.165, 1.54) is 18.2 Å². The van der Waals surface area contributed by atoms with E-state index in [-0.39, 0.29) is 32.8 Å². The molecule has 1 aromatic rings. The Kier molecular flexibility index (Phi) is 4.60. The SMILES string of the molecule is NC(=S)c1ccc(Cl)c(S(=O)(=O)NC2CCS(=O)(=O)C2)c1. The van der Waals surface area contributed by atoms with E-state index in [2.05, 4.69) is 4.72 Å². The molecule has 1 heterocycles. The molecular formula is C11H13ClN2O4S3. The van der Waals surface area contributed by atoms with Crippen molar-refractivity contribution >= 4 is 48.7 Å². The third-order valence-corrected chi connectivity index (χ3v) is 7.07. The van der Waals surface area contributed by atoms with Crippen LogP contribution in [-0.2, 0) is 19.9 Å². The summed E-state index contributed by atoms with van der Waals surface area (Å²) >= 11 is 10.7. The Morgan fingerprint density at radius 3 is 2.62 bits per heavy atom. The third kappa shape index (κ3) is 3.92. The molecule has 1 saturated heterocycles. The van der Waals surface area contributed by atoms with Gasteiger partial charge in [-0.25, -0.2) is 21.6 Å². The van der Waals surface area contributed by atoms with Crippen molar-refractivity contribution in [3.63, 3.8) is 0 Å². The Morgan fingerprint density at radius 2 is 2.10 bits per heavy atom. The maximum absolute atomic E-state index is 12.3. The van der Waals surface area contributed by atoms with Gasteiger partial charge < -0.3 is 5.73 Å². The van der Waals surface area contributed by atoms with Gasteiger partial charge in [0.1, 0.15) is 9.88 Å². The summed E-state index contributed by atoms with van der Waals surface area (Å²) in [7, 11) is -7.12. The molecule has 1 fully saturated rings. The van der Waals surface area contributed by atoms with Crippen LogP contribution in [0.1, 0.15) is 12.0 Å². The summed E-state index contributed by atoms with van der Waals surface area (Å²) in [6.45, 7) is 0. The van der Waals surface area contributed by atoms with Crippen LogP contribution in [0.3, 0.4) is 0 Å². The van der Waals surface area contributed by atoms with Gasteiger partial charge in [-0.15, -0.1) is 0 Å². The average Bonchev–Trinajstić information content (AvgIpc) is 2.67. The highest BCUT2D eigenvalue weighted by Gasteiger charge is 2.32. The van der Waals surface area contributed by atoms with E-state index in [1.54, 1.807) is 0 Å². The molecule has 3 N–H and O–H groups in total. The highest BCUT2D eigenvalue weighted by atomic mass is 35.5. The Labute approximate surface area is 133 Å². The molecule has 1 aromatic carbocycles. The second-order valence-electron chi connectivity index (χ2n) is 4.73. The summed E-state index contributed by atoms with van der Waals surface area (Å²) in [5.74, 6) is -0.236. The lowest BCUT2D eigenvalue weighted by Gasteiger charge is -2.13. The molecule has 0 radical (unpaired) electrons. The molecule has 0 aromatic heterocycles. The van der Waals surface area contributed by atoms with Gasteiger partial charge in [-0.05, 0) is 18.6 Å².